The van der Waals surface area contributed by atoms with Gasteiger partial charge in [0.05, 0.1) is 0 Å². The molecule has 2 amide bonds. The zero-order valence-corrected chi connectivity index (χ0v) is 31.4. The molecule has 0 saturated heterocycles. The van der Waals surface area contributed by atoms with Gasteiger partial charge in [-0.3, -0.25) is 0 Å². The van der Waals surface area contributed by atoms with Crippen molar-refractivity contribution in [2.45, 2.75) is 59.7 Å². The molecule has 278 valence electrons. The molecule has 0 saturated carbocycles. The lowest BCUT2D eigenvalue weighted by molar-refractivity contribution is 0.0959. The quantitative estimate of drug-likeness (QED) is 0.0970. The number of ether oxygens (including phenoxy) is 3. The van der Waals surface area contributed by atoms with E-state index in [0.717, 1.165) is 75.0 Å². The van der Waals surface area contributed by atoms with Crippen LogP contribution in [0.25, 0.3) is 22.2 Å². The van der Waals surface area contributed by atoms with Gasteiger partial charge in [-0.25, -0.2) is 9.59 Å². The van der Waals surface area contributed by atoms with E-state index in [0.29, 0.717) is 38.4 Å². The summed E-state index contributed by atoms with van der Waals surface area (Å²) in [4.78, 5) is 31.4. The highest BCUT2D eigenvalue weighted by Gasteiger charge is 2.20. The molecule has 0 aliphatic heterocycles. The fourth-order valence-corrected chi connectivity index (χ4v) is 6.68. The van der Waals surface area contributed by atoms with E-state index in [2.05, 4.69) is 66.6 Å². The Morgan fingerprint density at radius 3 is 2.04 bits per heavy atom. The van der Waals surface area contributed by atoms with Crippen molar-refractivity contribution in [2.24, 2.45) is 0 Å². The maximum atomic E-state index is 13.7. The second-order valence-corrected chi connectivity index (χ2v) is 13.6. The van der Waals surface area contributed by atoms with Gasteiger partial charge in [0.15, 0.2) is 0 Å². The predicted octanol–water partition coefficient (Wildman–Crippen LogP) is 10.3. The summed E-state index contributed by atoms with van der Waals surface area (Å²) in [5.41, 5.74) is 9.66. The van der Waals surface area contributed by atoms with E-state index in [9.17, 15) is 9.59 Å². The molecule has 8 heteroatoms. The van der Waals surface area contributed by atoms with Crippen LogP contribution in [0.3, 0.4) is 0 Å². The molecule has 54 heavy (non-hydrogen) atoms. The minimum Gasteiger partial charge on any atom is -0.489 e. The van der Waals surface area contributed by atoms with E-state index in [-0.39, 0.29) is 12.7 Å². The third kappa shape index (κ3) is 10.5. The van der Waals surface area contributed by atoms with Crippen LogP contribution in [0.5, 0.6) is 11.5 Å². The summed E-state index contributed by atoms with van der Waals surface area (Å²) in [5.74, 6) is 1.30. The number of H-pyrrole nitrogens is 1. The maximum Gasteiger partial charge on any atom is 0.412 e. The molecular formula is C46H49N3O5. The van der Waals surface area contributed by atoms with Crippen LogP contribution in [0.15, 0.2) is 121 Å². The Labute approximate surface area is 318 Å². The first-order chi connectivity index (χ1) is 26.3. The van der Waals surface area contributed by atoms with Crippen LogP contribution in [0, 0.1) is 13.8 Å². The minimum absolute atomic E-state index is 0.205. The van der Waals surface area contributed by atoms with Gasteiger partial charge in [0.2, 0.25) is 0 Å². The molecular weight excluding hydrogens is 675 g/mol. The Balaban J connectivity index is 1.17. The summed E-state index contributed by atoms with van der Waals surface area (Å²) in [7, 11) is 0. The van der Waals surface area contributed by atoms with Crippen molar-refractivity contribution in [1.29, 1.82) is 0 Å². The number of aromatic nitrogens is 1. The molecule has 2 N–H and O–H groups in total. The fourth-order valence-electron chi connectivity index (χ4n) is 6.68. The summed E-state index contributed by atoms with van der Waals surface area (Å²) in [6.07, 6.45) is 2.34. The van der Waals surface area contributed by atoms with Gasteiger partial charge in [0, 0.05) is 36.2 Å². The molecule has 6 aromatic rings. The van der Waals surface area contributed by atoms with Crippen LogP contribution in [0.1, 0.15) is 53.1 Å². The fraction of sp³-hybridized carbons (Fsp3) is 0.261. The summed E-state index contributed by atoms with van der Waals surface area (Å²) in [6, 6.07) is 40.3. The summed E-state index contributed by atoms with van der Waals surface area (Å²) < 4.78 is 17.4. The second kappa shape index (κ2) is 18.6. The number of nitrogens with zero attached hydrogens (tertiary/aromatic N) is 1. The lowest BCUT2D eigenvalue weighted by Gasteiger charge is -2.23. The summed E-state index contributed by atoms with van der Waals surface area (Å²) >= 11 is 0. The molecule has 0 fully saturated rings. The molecule has 8 nitrogen and oxygen atoms in total. The van der Waals surface area contributed by atoms with E-state index in [1.807, 2.05) is 84.6 Å². The van der Waals surface area contributed by atoms with Crippen LogP contribution in [-0.2, 0) is 30.8 Å². The Morgan fingerprint density at radius 1 is 0.685 bits per heavy atom. The van der Waals surface area contributed by atoms with Crippen molar-refractivity contribution in [1.82, 2.24) is 15.2 Å². The first kappa shape index (κ1) is 37.7. The Hall–Kier alpha value is -6.02. The number of fused-ring (bicyclic) bond motifs is 1. The molecule has 0 bridgehead atoms. The Bertz CT molecular complexity index is 2110. The third-order valence-electron chi connectivity index (χ3n) is 9.33. The molecule has 0 atom stereocenters. The highest BCUT2D eigenvalue weighted by atomic mass is 16.6. The van der Waals surface area contributed by atoms with Crippen LogP contribution in [-0.4, -0.2) is 41.7 Å². The van der Waals surface area contributed by atoms with E-state index in [1.165, 1.54) is 5.56 Å². The van der Waals surface area contributed by atoms with E-state index in [1.54, 1.807) is 6.07 Å². The number of carbonyl (C=O) groups is 2. The molecule has 6 rings (SSSR count). The van der Waals surface area contributed by atoms with Gasteiger partial charge < -0.3 is 29.4 Å². The number of nitrogens with one attached hydrogen (secondary N) is 2. The van der Waals surface area contributed by atoms with Crippen molar-refractivity contribution in [3.63, 3.8) is 0 Å². The second-order valence-electron chi connectivity index (χ2n) is 13.6. The highest BCUT2D eigenvalue weighted by molar-refractivity contribution is 5.92. The maximum absolute atomic E-state index is 13.7. The third-order valence-corrected chi connectivity index (χ3v) is 9.33. The molecule has 5 aromatic carbocycles. The van der Waals surface area contributed by atoms with Gasteiger partial charge in [-0.1, -0.05) is 90.0 Å². The van der Waals surface area contributed by atoms with Gasteiger partial charge in [-0.05, 0) is 117 Å². The average molecular weight is 724 g/mol. The van der Waals surface area contributed by atoms with Crippen molar-refractivity contribution in [3.05, 3.63) is 155 Å². The molecule has 0 aliphatic rings. The minimum atomic E-state index is -0.497. The monoisotopic (exact) mass is 723 g/mol. The van der Waals surface area contributed by atoms with Crippen LogP contribution in [0.4, 0.5) is 9.59 Å². The lowest BCUT2D eigenvalue weighted by atomic mass is 9.99. The predicted molar refractivity (Wildman–Crippen MR) is 215 cm³/mol. The van der Waals surface area contributed by atoms with Crippen molar-refractivity contribution < 1.29 is 23.8 Å². The average Bonchev–Trinajstić information content (AvgIpc) is 3.54. The van der Waals surface area contributed by atoms with E-state index in [4.69, 9.17) is 14.2 Å². The number of aryl methyl sites for hydroxylation is 3. The zero-order valence-electron chi connectivity index (χ0n) is 31.4. The van der Waals surface area contributed by atoms with Crippen molar-refractivity contribution >= 4 is 23.1 Å². The van der Waals surface area contributed by atoms with Crippen LogP contribution >= 0.6 is 0 Å². The number of amides is 2. The first-order valence-corrected chi connectivity index (χ1v) is 18.7. The van der Waals surface area contributed by atoms with Crippen LogP contribution < -0.4 is 14.8 Å². The van der Waals surface area contributed by atoms with Gasteiger partial charge in [-0.15, -0.1) is 0 Å². The lowest BCUT2D eigenvalue weighted by Crippen LogP contribution is -2.34. The topological polar surface area (TPSA) is 92.9 Å². The molecule has 0 radical (unpaired) electrons. The molecule has 1 heterocycles. The number of unbranched alkanes of at least 4 members (excludes halogenated alkanes) is 1. The van der Waals surface area contributed by atoms with Gasteiger partial charge in [0.1, 0.15) is 24.7 Å². The Kier molecular flexibility index (Phi) is 13.0. The molecule has 0 spiro atoms. The number of aromatic amines is 1. The summed E-state index contributed by atoms with van der Waals surface area (Å²) in [6.45, 7) is 8.25. The largest absolute Gasteiger partial charge is 0.489 e. The van der Waals surface area contributed by atoms with Gasteiger partial charge in [0.25, 0.3) is 0 Å². The smallest absolute Gasteiger partial charge is 0.412 e. The van der Waals surface area contributed by atoms with E-state index < -0.39 is 6.09 Å². The highest BCUT2D eigenvalue weighted by Crippen LogP contribution is 2.34. The van der Waals surface area contributed by atoms with Gasteiger partial charge >= 0.3 is 12.2 Å². The number of benzene rings is 5. The molecule has 1 aromatic heterocycles. The summed E-state index contributed by atoms with van der Waals surface area (Å²) in [5, 5.41) is 3.64. The van der Waals surface area contributed by atoms with Crippen molar-refractivity contribution in [3.8, 4) is 22.8 Å². The molecule has 0 unspecified atom stereocenters. The zero-order chi connectivity index (χ0) is 37.7. The number of hydrogen-bond acceptors (Lipinski definition) is 5. The van der Waals surface area contributed by atoms with Crippen LogP contribution in [0.2, 0.25) is 0 Å². The van der Waals surface area contributed by atoms with Gasteiger partial charge in [-0.2, -0.15) is 0 Å². The SMILES string of the molecule is CCNC(=O)Oc1ccc2[nH]c(-c3cc(C)cc(C)c3)c(CCN(CCCCc3ccc(OCc4ccccc4)cc3)C(=O)OCc3ccccc3)c2c1. The van der Waals surface area contributed by atoms with Crippen molar-refractivity contribution in [2.75, 3.05) is 19.6 Å². The number of hydrogen-bond donors (Lipinski definition) is 2. The molecule has 0 aliphatic carbocycles. The Morgan fingerprint density at radius 2 is 1.35 bits per heavy atom. The number of carbonyl (C=O) groups excluding carboxylic acids is 2. The first-order valence-electron chi connectivity index (χ1n) is 18.7. The van der Waals surface area contributed by atoms with E-state index >= 15 is 0 Å². The normalized spacial score (nSPS) is 10.9. The standard InChI is InChI=1S/C46H49N3O5/c1-4-47-45(50)54-40-22-23-43-42(30-40)41(44(48-43)38-28-33(2)27-34(3)29-38)24-26-49(46(51)53-32-37-16-9-6-10-17-37)25-12-11-13-35-18-20-39(21-19-35)52-31-36-14-7-5-8-15-36/h5-10,14-23,27-30,48H,4,11-13,24-26,31-32H2,1-3H3,(H,47,50). The number of rotatable bonds is 16.